The summed E-state index contributed by atoms with van der Waals surface area (Å²) in [6.07, 6.45) is 2.61. The minimum absolute atomic E-state index is 0.696. The lowest BCUT2D eigenvalue weighted by Crippen LogP contribution is -2.46. The standard InChI is InChI=1S/C15H23BrN2O/c1-17(2)14-4-3-9-18(12-14)10-11-19-15-7-5-13(16)6-8-15/h5-8,14H,3-4,9-12H2,1-2H3. The number of halogens is 1. The average Bonchev–Trinajstić information content (AvgIpc) is 2.41. The largest absolute Gasteiger partial charge is 0.492 e. The monoisotopic (exact) mass is 326 g/mol. The fraction of sp³-hybridized carbons (Fsp3) is 0.600. The van der Waals surface area contributed by atoms with E-state index in [4.69, 9.17) is 4.74 Å². The Bertz CT molecular complexity index is 380. The number of likely N-dealkylation sites (tertiary alicyclic amines) is 1. The summed E-state index contributed by atoms with van der Waals surface area (Å²) in [5.74, 6) is 0.948. The van der Waals surface area contributed by atoms with Gasteiger partial charge in [-0.15, -0.1) is 0 Å². The molecule has 1 fully saturated rings. The van der Waals surface area contributed by atoms with Crippen LogP contribution in [0, 0.1) is 0 Å². The van der Waals surface area contributed by atoms with Crippen molar-refractivity contribution in [3.63, 3.8) is 0 Å². The van der Waals surface area contributed by atoms with E-state index >= 15 is 0 Å². The lowest BCUT2D eigenvalue weighted by Gasteiger charge is -2.36. The maximum Gasteiger partial charge on any atom is 0.119 e. The van der Waals surface area contributed by atoms with E-state index in [1.807, 2.05) is 24.3 Å². The van der Waals surface area contributed by atoms with Crippen LogP contribution in [-0.2, 0) is 0 Å². The molecule has 1 aromatic rings. The van der Waals surface area contributed by atoms with Crippen molar-refractivity contribution in [2.45, 2.75) is 18.9 Å². The van der Waals surface area contributed by atoms with Gasteiger partial charge in [-0.2, -0.15) is 0 Å². The molecule has 0 amide bonds. The van der Waals surface area contributed by atoms with Crippen molar-refractivity contribution in [1.82, 2.24) is 9.80 Å². The average molecular weight is 327 g/mol. The third-order valence-corrected chi connectivity index (χ3v) is 4.23. The van der Waals surface area contributed by atoms with Crippen LogP contribution < -0.4 is 4.74 Å². The second-order valence-electron chi connectivity index (χ2n) is 5.36. The van der Waals surface area contributed by atoms with Crippen molar-refractivity contribution in [1.29, 1.82) is 0 Å². The molecule has 1 aliphatic heterocycles. The van der Waals surface area contributed by atoms with E-state index in [9.17, 15) is 0 Å². The maximum atomic E-state index is 5.78. The molecule has 0 aromatic heterocycles. The Labute approximate surface area is 124 Å². The molecule has 3 nitrogen and oxygen atoms in total. The molecule has 106 valence electrons. The first kappa shape index (κ1) is 14.8. The zero-order valence-electron chi connectivity index (χ0n) is 11.8. The first-order valence-electron chi connectivity index (χ1n) is 6.92. The highest BCUT2D eigenvalue weighted by molar-refractivity contribution is 9.10. The summed E-state index contributed by atoms with van der Waals surface area (Å²) >= 11 is 3.43. The summed E-state index contributed by atoms with van der Waals surface area (Å²) in [6, 6.07) is 8.73. The number of nitrogens with zero attached hydrogens (tertiary/aromatic N) is 2. The van der Waals surface area contributed by atoms with Gasteiger partial charge in [-0.25, -0.2) is 0 Å². The number of hydrogen-bond donors (Lipinski definition) is 0. The molecular formula is C15H23BrN2O. The molecule has 1 unspecified atom stereocenters. The molecule has 1 atom stereocenters. The number of likely N-dealkylation sites (N-methyl/N-ethyl adjacent to an activating group) is 1. The van der Waals surface area contributed by atoms with E-state index in [-0.39, 0.29) is 0 Å². The zero-order valence-corrected chi connectivity index (χ0v) is 13.4. The van der Waals surface area contributed by atoms with Crippen LogP contribution in [0.3, 0.4) is 0 Å². The topological polar surface area (TPSA) is 15.7 Å². The van der Waals surface area contributed by atoms with E-state index in [0.717, 1.165) is 29.9 Å². The normalized spacial score (nSPS) is 20.7. The second kappa shape index (κ2) is 7.27. The van der Waals surface area contributed by atoms with Gasteiger partial charge in [0.2, 0.25) is 0 Å². The highest BCUT2D eigenvalue weighted by Crippen LogP contribution is 2.17. The SMILES string of the molecule is CN(C)C1CCCN(CCOc2ccc(Br)cc2)C1. The third kappa shape index (κ3) is 4.79. The summed E-state index contributed by atoms with van der Waals surface area (Å²) in [5, 5.41) is 0. The Morgan fingerprint density at radius 1 is 1.32 bits per heavy atom. The molecule has 0 N–H and O–H groups in total. The van der Waals surface area contributed by atoms with Crippen LogP contribution in [0.5, 0.6) is 5.75 Å². The van der Waals surface area contributed by atoms with Crippen LogP contribution >= 0.6 is 15.9 Å². The van der Waals surface area contributed by atoms with Crippen LogP contribution in [0.4, 0.5) is 0 Å². The molecule has 1 aliphatic rings. The Balaban J connectivity index is 1.72. The first-order chi connectivity index (χ1) is 9.15. The van der Waals surface area contributed by atoms with E-state index in [1.54, 1.807) is 0 Å². The van der Waals surface area contributed by atoms with E-state index in [0.29, 0.717) is 6.04 Å². The molecular weight excluding hydrogens is 304 g/mol. The lowest BCUT2D eigenvalue weighted by molar-refractivity contribution is 0.117. The maximum absolute atomic E-state index is 5.78. The van der Waals surface area contributed by atoms with Crippen LogP contribution in [0.15, 0.2) is 28.7 Å². The van der Waals surface area contributed by atoms with Crippen molar-refractivity contribution in [3.8, 4) is 5.75 Å². The fourth-order valence-corrected chi connectivity index (χ4v) is 2.74. The predicted molar refractivity (Wildman–Crippen MR) is 82.8 cm³/mol. The molecule has 0 bridgehead atoms. The Hall–Kier alpha value is -0.580. The number of ether oxygens (including phenoxy) is 1. The second-order valence-corrected chi connectivity index (χ2v) is 6.28. The van der Waals surface area contributed by atoms with E-state index in [2.05, 4.69) is 39.8 Å². The summed E-state index contributed by atoms with van der Waals surface area (Å²) < 4.78 is 6.87. The van der Waals surface area contributed by atoms with Crippen LogP contribution in [0.2, 0.25) is 0 Å². The van der Waals surface area contributed by atoms with Gasteiger partial charge in [-0.1, -0.05) is 15.9 Å². The summed E-state index contributed by atoms with van der Waals surface area (Å²) in [7, 11) is 4.35. The van der Waals surface area contributed by atoms with Crippen LogP contribution in [0.25, 0.3) is 0 Å². The van der Waals surface area contributed by atoms with Gasteiger partial charge in [0.25, 0.3) is 0 Å². The molecule has 0 saturated carbocycles. The van der Waals surface area contributed by atoms with Crippen molar-refractivity contribution in [2.75, 3.05) is 40.3 Å². The Morgan fingerprint density at radius 2 is 2.05 bits per heavy atom. The van der Waals surface area contributed by atoms with Crippen molar-refractivity contribution in [3.05, 3.63) is 28.7 Å². The summed E-state index contributed by atoms with van der Waals surface area (Å²) in [6.45, 7) is 4.15. The molecule has 0 aliphatic carbocycles. The summed E-state index contributed by atoms with van der Waals surface area (Å²) in [5.41, 5.74) is 0. The third-order valence-electron chi connectivity index (χ3n) is 3.70. The van der Waals surface area contributed by atoms with Gasteiger partial charge < -0.3 is 9.64 Å². The quantitative estimate of drug-likeness (QED) is 0.827. The van der Waals surface area contributed by atoms with Gasteiger partial charge >= 0.3 is 0 Å². The minimum Gasteiger partial charge on any atom is -0.492 e. The van der Waals surface area contributed by atoms with E-state index in [1.165, 1.54) is 19.4 Å². The Morgan fingerprint density at radius 3 is 2.74 bits per heavy atom. The van der Waals surface area contributed by atoms with Crippen LogP contribution in [0.1, 0.15) is 12.8 Å². The number of rotatable bonds is 5. The lowest BCUT2D eigenvalue weighted by atomic mass is 10.1. The predicted octanol–water partition coefficient (Wildman–Crippen LogP) is 2.85. The zero-order chi connectivity index (χ0) is 13.7. The van der Waals surface area contributed by atoms with Crippen molar-refractivity contribution < 1.29 is 4.74 Å². The minimum atomic E-state index is 0.696. The van der Waals surface area contributed by atoms with Gasteiger partial charge in [0, 0.05) is 23.6 Å². The van der Waals surface area contributed by atoms with Gasteiger partial charge in [0.05, 0.1) is 0 Å². The summed E-state index contributed by atoms with van der Waals surface area (Å²) in [4.78, 5) is 4.84. The number of piperidine rings is 1. The van der Waals surface area contributed by atoms with E-state index < -0.39 is 0 Å². The molecule has 1 aromatic carbocycles. The van der Waals surface area contributed by atoms with Crippen molar-refractivity contribution >= 4 is 15.9 Å². The molecule has 19 heavy (non-hydrogen) atoms. The Kier molecular flexibility index (Phi) is 5.67. The molecule has 2 rings (SSSR count). The van der Waals surface area contributed by atoms with Gasteiger partial charge in [-0.05, 0) is 57.7 Å². The molecule has 0 spiro atoms. The smallest absolute Gasteiger partial charge is 0.119 e. The highest BCUT2D eigenvalue weighted by atomic mass is 79.9. The van der Waals surface area contributed by atoms with Crippen LogP contribution in [-0.4, -0.2) is 56.2 Å². The highest BCUT2D eigenvalue weighted by Gasteiger charge is 2.20. The fourth-order valence-electron chi connectivity index (χ4n) is 2.48. The number of benzene rings is 1. The molecule has 1 heterocycles. The van der Waals surface area contributed by atoms with Gasteiger partial charge in [-0.3, -0.25) is 4.90 Å². The van der Waals surface area contributed by atoms with Gasteiger partial charge in [0.1, 0.15) is 12.4 Å². The van der Waals surface area contributed by atoms with Crippen molar-refractivity contribution in [2.24, 2.45) is 0 Å². The first-order valence-corrected chi connectivity index (χ1v) is 7.71. The number of hydrogen-bond acceptors (Lipinski definition) is 3. The molecule has 4 heteroatoms. The molecule has 1 saturated heterocycles. The van der Waals surface area contributed by atoms with Gasteiger partial charge in [0.15, 0.2) is 0 Å². The molecule has 0 radical (unpaired) electrons.